The average molecular weight is 450 g/mol. The summed E-state index contributed by atoms with van der Waals surface area (Å²) < 4.78 is 22.7. The number of rotatable bonds is 8. The van der Waals surface area contributed by atoms with Crippen molar-refractivity contribution < 1.29 is 23.7 Å². The first-order valence-electron chi connectivity index (χ1n) is 10.6. The van der Waals surface area contributed by atoms with Gasteiger partial charge in [-0.15, -0.1) is 0 Å². The van der Waals surface area contributed by atoms with Crippen LogP contribution in [0.15, 0.2) is 60.8 Å². The predicted octanol–water partition coefficient (Wildman–Crippen LogP) is 3.30. The van der Waals surface area contributed by atoms with Crippen LogP contribution < -0.4 is 19.9 Å². The van der Waals surface area contributed by atoms with Crippen molar-refractivity contribution in [3.8, 4) is 17.4 Å². The van der Waals surface area contributed by atoms with E-state index in [-0.39, 0.29) is 24.4 Å². The van der Waals surface area contributed by atoms with Gasteiger partial charge in [0.25, 0.3) is 5.91 Å². The molecule has 1 amide bonds. The number of fused-ring (bicyclic) bond motifs is 1. The normalized spacial score (nSPS) is 15.4. The van der Waals surface area contributed by atoms with Crippen molar-refractivity contribution in [3.63, 3.8) is 0 Å². The highest BCUT2D eigenvalue weighted by Crippen LogP contribution is 2.30. The minimum atomic E-state index is -0.344. The van der Waals surface area contributed by atoms with Gasteiger partial charge in [-0.05, 0) is 23.8 Å². The highest BCUT2D eigenvalue weighted by Gasteiger charge is 2.33. The molecule has 0 saturated carbocycles. The van der Waals surface area contributed by atoms with Crippen LogP contribution in [0.1, 0.15) is 21.5 Å². The Morgan fingerprint density at radius 1 is 1.12 bits per heavy atom. The van der Waals surface area contributed by atoms with Crippen molar-refractivity contribution in [2.24, 2.45) is 0 Å². The zero-order valence-corrected chi connectivity index (χ0v) is 18.7. The molecule has 1 aromatic heterocycles. The van der Waals surface area contributed by atoms with E-state index < -0.39 is 0 Å². The third kappa shape index (κ3) is 5.18. The van der Waals surface area contributed by atoms with Crippen LogP contribution in [-0.2, 0) is 17.9 Å². The number of nitrogen functional groups attached to an aromatic ring is 1. The fourth-order valence-corrected chi connectivity index (χ4v) is 3.71. The van der Waals surface area contributed by atoms with Crippen molar-refractivity contribution in [3.05, 3.63) is 77.5 Å². The Morgan fingerprint density at radius 2 is 1.94 bits per heavy atom. The summed E-state index contributed by atoms with van der Waals surface area (Å²) in [5, 5.41) is 0. The van der Waals surface area contributed by atoms with E-state index >= 15 is 0 Å². The maximum atomic E-state index is 13.6. The third-order valence-electron chi connectivity index (χ3n) is 5.47. The van der Waals surface area contributed by atoms with E-state index in [4.69, 9.17) is 24.7 Å². The summed E-state index contributed by atoms with van der Waals surface area (Å²) in [4.78, 5) is 19.5. The molecule has 33 heavy (non-hydrogen) atoms. The minimum absolute atomic E-state index is 0.228. The molecule has 0 unspecified atom stereocenters. The van der Waals surface area contributed by atoms with Crippen LogP contribution >= 0.6 is 0 Å². The van der Waals surface area contributed by atoms with Crippen LogP contribution in [0.3, 0.4) is 0 Å². The molecule has 8 nitrogen and oxygen atoms in total. The van der Waals surface area contributed by atoms with Gasteiger partial charge in [-0.1, -0.05) is 30.3 Å². The van der Waals surface area contributed by atoms with Gasteiger partial charge in [0.2, 0.25) is 5.88 Å². The van der Waals surface area contributed by atoms with E-state index in [1.54, 1.807) is 31.3 Å². The van der Waals surface area contributed by atoms with E-state index in [0.29, 0.717) is 42.5 Å². The van der Waals surface area contributed by atoms with Crippen LogP contribution in [0.25, 0.3) is 0 Å². The number of anilines is 1. The predicted molar refractivity (Wildman–Crippen MR) is 123 cm³/mol. The molecule has 0 bridgehead atoms. The summed E-state index contributed by atoms with van der Waals surface area (Å²) in [6, 6.07) is 16.7. The molecule has 8 heteroatoms. The number of carbonyl (C=O) groups excluding carboxylic acids is 1. The highest BCUT2D eigenvalue weighted by molar-refractivity contribution is 5.97. The molecular weight excluding hydrogens is 422 g/mol. The summed E-state index contributed by atoms with van der Waals surface area (Å²) >= 11 is 0. The van der Waals surface area contributed by atoms with Gasteiger partial charge in [-0.3, -0.25) is 4.79 Å². The van der Waals surface area contributed by atoms with Gasteiger partial charge in [0.05, 0.1) is 51.9 Å². The topological polar surface area (TPSA) is 96.1 Å². The summed E-state index contributed by atoms with van der Waals surface area (Å²) in [7, 11) is 3.19. The Hall–Kier alpha value is -3.78. The molecule has 0 fully saturated rings. The molecule has 2 heterocycles. The van der Waals surface area contributed by atoms with E-state index in [9.17, 15) is 4.79 Å². The van der Waals surface area contributed by atoms with Crippen molar-refractivity contribution in [1.82, 2.24) is 9.88 Å². The van der Waals surface area contributed by atoms with Gasteiger partial charge in [-0.2, -0.15) is 0 Å². The van der Waals surface area contributed by atoms with Crippen LogP contribution in [0, 0.1) is 0 Å². The molecule has 1 atom stereocenters. The molecule has 0 aliphatic carbocycles. The number of pyridine rings is 1. The fourth-order valence-electron chi connectivity index (χ4n) is 3.71. The lowest BCUT2D eigenvalue weighted by atomic mass is 10.1. The van der Waals surface area contributed by atoms with Crippen molar-refractivity contribution in [2.75, 3.05) is 33.2 Å². The number of ether oxygens (including phenoxy) is 4. The number of hydrogen-bond acceptors (Lipinski definition) is 7. The molecule has 0 spiro atoms. The number of methoxy groups -OCH3 is 2. The SMILES string of the molecule is COc1ccc(CN2C(=O)c3cc(N)cnc3OC[C@@H]2COCc2ccccc2)c(OC)c1. The monoisotopic (exact) mass is 449 g/mol. The average Bonchev–Trinajstić information content (AvgIpc) is 2.97. The first-order valence-corrected chi connectivity index (χ1v) is 10.6. The van der Waals surface area contributed by atoms with Gasteiger partial charge < -0.3 is 29.6 Å². The van der Waals surface area contributed by atoms with E-state index in [1.165, 1.54) is 6.20 Å². The maximum absolute atomic E-state index is 13.6. The zero-order valence-electron chi connectivity index (χ0n) is 18.7. The van der Waals surface area contributed by atoms with Crippen molar-refractivity contribution in [2.45, 2.75) is 19.2 Å². The Bertz CT molecular complexity index is 1110. The number of aromatic nitrogens is 1. The van der Waals surface area contributed by atoms with Gasteiger partial charge in [0, 0.05) is 11.6 Å². The van der Waals surface area contributed by atoms with Gasteiger partial charge in [0.1, 0.15) is 23.7 Å². The Balaban J connectivity index is 1.60. The molecule has 2 aromatic carbocycles. The fraction of sp³-hybridized carbons (Fsp3) is 0.280. The quantitative estimate of drug-likeness (QED) is 0.564. The molecule has 0 radical (unpaired) electrons. The van der Waals surface area contributed by atoms with Gasteiger partial charge in [0.15, 0.2) is 0 Å². The molecule has 1 aliphatic rings. The molecule has 4 rings (SSSR count). The molecule has 2 N–H and O–H groups in total. The number of benzene rings is 2. The Morgan fingerprint density at radius 3 is 2.70 bits per heavy atom. The number of carbonyl (C=O) groups is 1. The van der Waals surface area contributed by atoms with E-state index in [0.717, 1.165) is 11.1 Å². The zero-order chi connectivity index (χ0) is 23.2. The maximum Gasteiger partial charge on any atom is 0.260 e. The largest absolute Gasteiger partial charge is 0.497 e. The summed E-state index contributed by atoms with van der Waals surface area (Å²) in [6.45, 7) is 1.26. The third-order valence-corrected chi connectivity index (χ3v) is 5.47. The molecular formula is C25H27N3O5. The number of nitrogens with two attached hydrogens (primary N) is 1. The lowest BCUT2D eigenvalue weighted by molar-refractivity contribution is 0.0263. The lowest BCUT2D eigenvalue weighted by Gasteiger charge is -2.30. The summed E-state index contributed by atoms with van der Waals surface area (Å²) in [6.07, 6.45) is 1.48. The van der Waals surface area contributed by atoms with Crippen LogP contribution in [0.2, 0.25) is 0 Å². The smallest absolute Gasteiger partial charge is 0.260 e. The number of hydrogen-bond donors (Lipinski definition) is 1. The second-order valence-corrected chi connectivity index (χ2v) is 7.70. The van der Waals surface area contributed by atoms with E-state index in [2.05, 4.69) is 4.98 Å². The van der Waals surface area contributed by atoms with Crippen LogP contribution in [0.5, 0.6) is 17.4 Å². The number of nitrogens with zero attached hydrogens (tertiary/aromatic N) is 2. The molecule has 0 saturated heterocycles. The second-order valence-electron chi connectivity index (χ2n) is 7.70. The minimum Gasteiger partial charge on any atom is -0.497 e. The van der Waals surface area contributed by atoms with Gasteiger partial charge in [-0.25, -0.2) is 4.98 Å². The van der Waals surface area contributed by atoms with Crippen molar-refractivity contribution in [1.29, 1.82) is 0 Å². The lowest BCUT2D eigenvalue weighted by Crippen LogP contribution is -2.44. The first-order chi connectivity index (χ1) is 16.1. The Labute approximate surface area is 192 Å². The summed E-state index contributed by atoms with van der Waals surface area (Å²) in [5.41, 5.74) is 8.51. The summed E-state index contributed by atoms with van der Waals surface area (Å²) in [5.74, 6) is 1.34. The second kappa shape index (κ2) is 10.2. The van der Waals surface area contributed by atoms with E-state index in [1.807, 2.05) is 42.5 Å². The highest BCUT2D eigenvalue weighted by atomic mass is 16.5. The molecule has 3 aromatic rings. The Kier molecular flexibility index (Phi) is 6.95. The van der Waals surface area contributed by atoms with Crippen LogP contribution in [0.4, 0.5) is 5.69 Å². The first kappa shape index (κ1) is 22.4. The standard InChI is InChI=1S/C25H27N3O5/c1-30-21-9-8-18(23(11-21)31-2)13-28-20(15-32-14-17-6-4-3-5-7-17)16-33-24-22(25(28)29)10-19(26)12-27-24/h3-12,20H,13-16,26H2,1-2H3/t20-/m0/s1. The van der Waals surface area contributed by atoms with Crippen molar-refractivity contribution >= 4 is 11.6 Å². The number of amides is 1. The van der Waals surface area contributed by atoms with Crippen LogP contribution in [-0.4, -0.2) is 49.3 Å². The molecule has 1 aliphatic heterocycles. The van der Waals surface area contributed by atoms with Gasteiger partial charge >= 0.3 is 0 Å². The molecule has 172 valence electrons.